The van der Waals surface area contributed by atoms with Crippen LogP contribution in [0.2, 0.25) is 5.02 Å². The number of hydrogen-bond donors (Lipinski definition) is 3. The van der Waals surface area contributed by atoms with Crippen molar-refractivity contribution in [3.63, 3.8) is 0 Å². The summed E-state index contributed by atoms with van der Waals surface area (Å²) in [6.07, 6.45) is 5.45. The van der Waals surface area contributed by atoms with Crippen LogP contribution in [0.5, 0.6) is 0 Å². The topological polar surface area (TPSA) is 105 Å². The third-order valence-electron chi connectivity index (χ3n) is 5.63. The molecule has 8 nitrogen and oxygen atoms in total. The summed E-state index contributed by atoms with van der Waals surface area (Å²) in [6, 6.07) is 1.27. The number of hydrogen-bond acceptors (Lipinski definition) is 6. The second-order valence-corrected chi connectivity index (χ2v) is 8.18. The SMILES string of the molecule is CCNC(=O)C1CCCC(Nc2nc(-c3cn(C)c4ncc(Cl)cc34)ncc2F)C1O. The predicted octanol–water partition coefficient (Wildman–Crippen LogP) is 2.90. The highest BCUT2D eigenvalue weighted by Crippen LogP contribution is 2.31. The highest BCUT2D eigenvalue weighted by molar-refractivity contribution is 6.31. The molecule has 0 saturated heterocycles. The van der Waals surface area contributed by atoms with Gasteiger partial charge in [0, 0.05) is 36.9 Å². The first-order valence-corrected chi connectivity index (χ1v) is 10.6. The number of amides is 1. The molecular weight excluding hydrogens is 423 g/mol. The number of carbonyl (C=O) groups excluding carboxylic acids is 1. The van der Waals surface area contributed by atoms with Crippen molar-refractivity contribution in [1.29, 1.82) is 0 Å². The van der Waals surface area contributed by atoms with E-state index in [-0.39, 0.29) is 11.7 Å². The van der Waals surface area contributed by atoms with Crippen molar-refractivity contribution < 1.29 is 14.3 Å². The van der Waals surface area contributed by atoms with E-state index in [9.17, 15) is 14.3 Å². The van der Waals surface area contributed by atoms with Crippen LogP contribution in [0.25, 0.3) is 22.4 Å². The van der Waals surface area contributed by atoms with Gasteiger partial charge in [-0.2, -0.15) is 0 Å². The lowest BCUT2D eigenvalue weighted by molar-refractivity contribution is -0.130. The first-order chi connectivity index (χ1) is 14.9. The number of halogens is 2. The molecule has 0 aliphatic heterocycles. The fourth-order valence-electron chi connectivity index (χ4n) is 4.12. The maximum absolute atomic E-state index is 14.5. The van der Waals surface area contributed by atoms with Crippen LogP contribution in [0.1, 0.15) is 26.2 Å². The Hall–Kier alpha value is -2.78. The number of nitrogens with zero attached hydrogens (tertiary/aromatic N) is 4. The Morgan fingerprint density at radius 1 is 1.35 bits per heavy atom. The van der Waals surface area contributed by atoms with E-state index in [1.807, 2.05) is 24.7 Å². The molecule has 0 radical (unpaired) electrons. The van der Waals surface area contributed by atoms with Crippen LogP contribution < -0.4 is 10.6 Å². The Kier molecular flexibility index (Phi) is 6.06. The zero-order chi connectivity index (χ0) is 22.1. The first-order valence-electron chi connectivity index (χ1n) is 10.2. The van der Waals surface area contributed by atoms with Crippen molar-refractivity contribution in [2.45, 2.75) is 38.3 Å². The summed E-state index contributed by atoms with van der Waals surface area (Å²) in [5.41, 5.74) is 1.37. The van der Waals surface area contributed by atoms with Crippen LogP contribution in [-0.2, 0) is 11.8 Å². The maximum Gasteiger partial charge on any atom is 0.225 e. The van der Waals surface area contributed by atoms with E-state index in [4.69, 9.17) is 11.6 Å². The normalized spacial score (nSPS) is 21.3. The van der Waals surface area contributed by atoms with Crippen LogP contribution in [0.15, 0.2) is 24.7 Å². The Morgan fingerprint density at radius 2 is 2.16 bits per heavy atom. The minimum absolute atomic E-state index is 0.0161. The lowest BCUT2D eigenvalue weighted by atomic mass is 9.82. The van der Waals surface area contributed by atoms with Crippen LogP contribution in [0, 0.1) is 11.7 Å². The van der Waals surface area contributed by atoms with Gasteiger partial charge in [-0.05, 0) is 25.8 Å². The summed E-state index contributed by atoms with van der Waals surface area (Å²) < 4.78 is 16.4. The summed E-state index contributed by atoms with van der Waals surface area (Å²) in [5, 5.41) is 17.7. The number of aromatic nitrogens is 4. The molecular formula is C21H24ClFN6O2. The Bertz CT molecular complexity index is 1120. The van der Waals surface area contributed by atoms with Gasteiger partial charge >= 0.3 is 0 Å². The van der Waals surface area contributed by atoms with E-state index >= 15 is 0 Å². The van der Waals surface area contributed by atoms with Crippen LogP contribution >= 0.6 is 11.6 Å². The van der Waals surface area contributed by atoms with Crippen molar-refractivity contribution in [2.24, 2.45) is 13.0 Å². The monoisotopic (exact) mass is 446 g/mol. The van der Waals surface area contributed by atoms with Crippen LogP contribution in [0.4, 0.5) is 10.2 Å². The third-order valence-corrected chi connectivity index (χ3v) is 5.84. The largest absolute Gasteiger partial charge is 0.390 e. The molecule has 4 rings (SSSR count). The molecule has 3 unspecified atom stereocenters. The van der Waals surface area contributed by atoms with Crippen molar-refractivity contribution in [1.82, 2.24) is 24.8 Å². The second kappa shape index (κ2) is 8.76. The van der Waals surface area contributed by atoms with E-state index in [1.54, 1.807) is 12.3 Å². The lowest BCUT2D eigenvalue weighted by Crippen LogP contribution is -2.48. The van der Waals surface area contributed by atoms with Gasteiger partial charge in [-0.1, -0.05) is 18.0 Å². The Labute approximate surface area is 183 Å². The number of aliphatic hydroxyl groups is 1. The number of aryl methyl sites for hydroxylation is 1. The third kappa shape index (κ3) is 4.20. The van der Waals surface area contributed by atoms with Crippen molar-refractivity contribution >= 4 is 34.4 Å². The molecule has 3 atom stereocenters. The maximum atomic E-state index is 14.5. The molecule has 3 heterocycles. The molecule has 1 fully saturated rings. The van der Waals surface area contributed by atoms with E-state index in [0.717, 1.165) is 18.0 Å². The molecule has 1 saturated carbocycles. The average Bonchev–Trinajstić information content (AvgIpc) is 3.07. The van der Waals surface area contributed by atoms with E-state index in [0.29, 0.717) is 41.4 Å². The molecule has 31 heavy (non-hydrogen) atoms. The zero-order valence-corrected chi connectivity index (χ0v) is 18.0. The number of fused-ring (bicyclic) bond motifs is 1. The van der Waals surface area contributed by atoms with Gasteiger partial charge in [-0.3, -0.25) is 4.79 Å². The number of nitrogens with one attached hydrogen (secondary N) is 2. The highest BCUT2D eigenvalue weighted by Gasteiger charge is 2.36. The molecule has 10 heteroatoms. The number of anilines is 1. The van der Waals surface area contributed by atoms with Gasteiger partial charge in [-0.25, -0.2) is 19.3 Å². The van der Waals surface area contributed by atoms with Crippen molar-refractivity contribution in [3.8, 4) is 11.4 Å². The molecule has 0 bridgehead atoms. The van der Waals surface area contributed by atoms with Gasteiger partial charge in [0.1, 0.15) is 5.65 Å². The molecule has 3 N–H and O–H groups in total. The molecule has 1 aliphatic carbocycles. The summed E-state index contributed by atoms with van der Waals surface area (Å²) in [4.78, 5) is 25.1. The Balaban J connectivity index is 1.63. The standard InChI is InChI=1S/C21H24ClFN6O2/c1-3-24-21(31)12-5-4-6-16(17(12)30)27-19-15(23)9-25-18(28-19)14-10-29(2)20-13(14)7-11(22)8-26-20/h7-10,12,16-17,30H,3-6H2,1-2H3,(H,24,31)(H,25,27,28). The summed E-state index contributed by atoms with van der Waals surface area (Å²) in [5.74, 6) is -1.07. The average molecular weight is 447 g/mol. The van der Waals surface area contributed by atoms with Gasteiger partial charge in [0.2, 0.25) is 5.91 Å². The number of carbonyl (C=O) groups is 1. The minimum atomic E-state index is -0.946. The fourth-order valence-corrected chi connectivity index (χ4v) is 4.27. The quantitative estimate of drug-likeness (QED) is 0.556. The van der Waals surface area contributed by atoms with Crippen LogP contribution in [0.3, 0.4) is 0 Å². The smallest absolute Gasteiger partial charge is 0.225 e. The number of pyridine rings is 1. The first kappa shape index (κ1) is 21.5. The van der Waals surface area contributed by atoms with Gasteiger partial charge in [0.05, 0.1) is 29.3 Å². The fraction of sp³-hybridized carbons (Fsp3) is 0.429. The molecule has 0 aromatic carbocycles. The molecule has 1 aliphatic rings. The van der Waals surface area contributed by atoms with E-state index < -0.39 is 23.9 Å². The predicted molar refractivity (Wildman–Crippen MR) is 116 cm³/mol. The number of rotatable bonds is 5. The number of aliphatic hydroxyl groups excluding tert-OH is 1. The summed E-state index contributed by atoms with van der Waals surface area (Å²) >= 11 is 6.10. The molecule has 164 valence electrons. The Morgan fingerprint density at radius 3 is 2.94 bits per heavy atom. The van der Waals surface area contributed by atoms with E-state index in [2.05, 4.69) is 25.6 Å². The van der Waals surface area contributed by atoms with Crippen molar-refractivity contribution in [3.05, 3.63) is 35.5 Å². The minimum Gasteiger partial charge on any atom is -0.390 e. The molecule has 1 amide bonds. The second-order valence-electron chi connectivity index (χ2n) is 7.74. The van der Waals surface area contributed by atoms with Gasteiger partial charge < -0.3 is 20.3 Å². The summed E-state index contributed by atoms with van der Waals surface area (Å²) in [7, 11) is 1.84. The van der Waals surface area contributed by atoms with Gasteiger partial charge in [-0.15, -0.1) is 0 Å². The lowest BCUT2D eigenvalue weighted by Gasteiger charge is -2.34. The van der Waals surface area contributed by atoms with Crippen molar-refractivity contribution in [2.75, 3.05) is 11.9 Å². The molecule has 0 spiro atoms. The van der Waals surface area contributed by atoms with Crippen LogP contribution in [-0.4, -0.2) is 49.2 Å². The highest BCUT2D eigenvalue weighted by atomic mass is 35.5. The van der Waals surface area contributed by atoms with E-state index in [1.165, 1.54) is 0 Å². The summed E-state index contributed by atoms with van der Waals surface area (Å²) in [6.45, 7) is 2.32. The zero-order valence-electron chi connectivity index (χ0n) is 17.3. The molecule has 3 aromatic rings. The molecule has 3 aromatic heterocycles. The van der Waals surface area contributed by atoms with Gasteiger partial charge in [0.15, 0.2) is 17.5 Å². The van der Waals surface area contributed by atoms with Gasteiger partial charge in [0.25, 0.3) is 0 Å².